The Morgan fingerprint density at radius 3 is 2.71 bits per heavy atom. The van der Waals surface area contributed by atoms with Gasteiger partial charge in [-0.2, -0.15) is 0 Å². The molecule has 124 valence electrons. The van der Waals surface area contributed by atoms with Gasteiger partial charge >= 0.3 is 0 Å². The Balaban J connectivity index is 1.55. The summed E-state index contributed by atoms with van der Waals surface area (Å²) in [5, 5.41) is 2.92. The summed E-state index contributed by atoms with van der Waals surface area (Å²) in [5.41, 5.74) is 1.61. The van der Waals surface area contributed by atoms with Gasteiger partial charge in [0.05, 0.1) is 12.8 Å². The molecule has 2 aromatic heterocycles. The molecule has 1 aromatic carbocycles. The third-order valence-corrected chi connectivity index (χ3v) is 3.56. The third kappa shape index (κ3) is 3.78. The van der Waals surface area contributed by atoms with Crippen LogP contribution in [0.1, 0.15) is 16.2 Å². The van der Waals surface area contributed by atoms with Crippen molar-refractivity contribution < 1.29 is 18.4 Å². The van der Waals surface area contributed by atoms with Crippen LogP contribution in [-0.4, -0.2) is 24.5 Å². The summed E-state index contributed by atoms with van der Waals surface area (Å²) in [6, 6.07) is 10.5. The summed E-state index contributed by atoms with van der Waals surface area (Å²) in [4.78, 5) is 16.2. The summed E-state index contributed by atoms with van der Waals surface area (Å²) < 4.78 is 15.6. The van der Waals surface area contributed by atoms with E-state index >= 15 is 0 Å². The fourth-order valence-corrected chi connectivity index (χ4v) is 2.26. The molecule has 3 rings (SSSR count). The van der Waals surface area contributed by atoms with Crippen molar-refractivity contribution in [1.29, 1.82) is 0 Å². The molecule has 2 heterocycles. The average Bonchev–Trinajstić information content (AvgIpc) is 3.24. The highest BCUT2D eigenvalue weighted by molar-refractivity contribution is 6.29. The molecule has 0 aliphatic heterocycles. The number of ether oxygens (including phenoxy) is 1. The van der Waals surface area contributed by atoms with Gasteiger partial charge in [-0.05, 0) is 48.0 Å². The van der Waals surface area contributed by atoms with Crippen molar-refractivity contribution in [1.82, 2.24) is 10.3 Å². The molecular formula is C17H15ClN2O4. The number of rotatable bonds is 6. The first kappa shape index (κ1) is 16.1. The first-order valence-electron chi connectivity index (χ1n) is 7.28. The number of methoxy groups -OCH3 is 1. The van der Waals surface area contributed by atoms with Crippen LogP contribution in [0.15, 0.2) is 51.5 Å². The van der Waals surface area contributed by atoms with E-state index < -0.39 is 0 Å². The van der Waals surface area contributed by atoms with E-state index in [1.165, 1.54) is 12.1 Å². The fourth-order valence-electron chi connectivity index (χ4n) is 2.12. The number of carbonyl (C=O) groups excluding carboxylic acids is 1. The van der Waals surface area contributed by atoms with Crippen molar-refractivity contribution in [2.24, 2.45) is 0 Å². The Morgan fingerprint density at radius 1 is 1.25 bits per heavy atom. The zero-order valence-corrected chi connectivity index (χ0v) is 13.7. The summed E-state index contributed by atoms with van der Waals surface area (Å²) in [6.45, 7) is 0.408. The van der Waals surface area contributed by atoms with Gasteiger partial charge in [-0.3, -0.25) is 4.79 Å². The SMILES string of the molecule is COc1ccc(-c2nc(CCNC(=O)c3ccc(Cl)o3)co2)cc1. The van der Waals surface area contributed by atoms with Crippen LogP contribution in [0.2, 0.25) is 5.22 Å². The molecule has 1 amide bonds. The van der Waals surface area contributed by atoms with Gasteiger partial charge in [0.25, 0.3) is 5.91 Å². The number of furan rings is 1. The highest BCUT2D eigenvalue weighted by Crippen LogP contribution is 2.21. The Bertz CT molecular complexity index is 823. The number of nitrogens with one attached hydrogen (secondary N) is 1. The van der Waals surface area contributed by atoms with Crippen LogP contribution in [0.25, 0.3) is 11.5 Å². The van der Waals surface area contributed by atoms with Gasteiger partial charge in [0.15, 0.2) is 11.0 Å². The van der Waals surface area contributed by atoms with Crippen LogP contribution < -0.4 is 10.1 Å². The fraction of sp³-hybridized carbons (Fsp3) is 0.176. The van der Waals surface area contributed by atoms with Crippen molar-refractivity contribution >= 4 is 17.5 Å². The van der Waals surface area contributed by atoms with Gasteiger partial charge in [-0.25, -0.2) is 4.98 Å². The zero-order valence-electron chi connectivity index (χ0n) is 12.9. The van der Waals surface area contributed by atoms with Crippen LogP contribution in [0.4, 0.5) is 0 Å². The number of oxazole rings is 1. The van der Waals surface area contributed by atoms with Gasteiger partial charge in [-0.15, -0.1) is 0 Å². The van der Waals surface area contributed by atoms with Crippen molar-refractivity contribution in [3.8, 4) is 17.2 Å². The molecule has 0 saturated carbocycles. The van der Waals surface area contributed by atoms with Crippen LogP contribution >= 0.6 is 11.6 Å². The monoisotopic (exact) mass is 346 g/mol. The molecule has 0 unspecified atom stereocenters. The molecule has 24 heavy (non-hydrogen) atoms. The van der Waals surface area contributed by atoms with Crippen LogP contribution in [0, 0.1) is 0 Å². The van der Waals surface area contributed by atoms with Crippen molar-refractivity contribution in [3.05, 3.63) is 59.3 Å². The second-order valence-corrected chi connectivity index (χ2v) is 5.35. The Hall–Kier alpha value is -2.73. The predicted molar refractivity (Wildman–Crippen MR) is 88.2 cm³/mol. The first-order chi connectivity index (χ1) is 11.7. The number of carbonyl (C=O) groups is 1. The topological polar surface area (TPSA) is 77.5 Å². The minimum Gasteiger partial charge on any atom is -0.497 e. The maximum absolute atomic E-state index is 11.8. The normalized spacial score (nSPS) is 10.6. The van der Waals surface area contributed by atoms with Gasteiger partial charge < -0.3 is 18.9 Å². The van der Waals surface area contributed by atoms with E-state index in [2.05, 4.69) is 10.3 Å². The summed E-state index contributed by atoms with van der Waals surface area (Å²) in [5.74, 6) is 1.16. The molecule has 0 spiro atoms. The minimum atomic E-state index is -0.319. The molecule has 6 nitrogen and oxygen atoms in total. The van der Waals surface area contributed by atoms with E-state index in [1.807, 2.05) is 24.3 Å². The Kier molecular flexibility index (Phi) is 4.86. The van der Waals surface area contributed by atoms with Crippen LogP contribution in [0.3, 0.4) is 0 Å². The van der Waals surface area contributed by atoms with Crippen LogP contribution in [0.5, 0.6) is 5.75 Å². The number of halogens is 1. The van der Waals surface area contributed by atoms with Crippen molar-refractivity contribution in [3.63, 3.8) is 0 Å². The average molecular weight is 347 g/mol. The van der Waals surface area contributed by atoms with Crippen molar-refractivity contribution in [2.75, 3.05) is 13.7 Å². The molecule has 0 saturated heterocycles. The zero-order chi connectivity index (χ0) is 16.9. The minimum absolute atomic E-state index is 0.180. The number of hydrogen-bond donors (Lipinski definition) is 1. The number of amides is 1. The molecule has 0 atom stereocenters. The van der Waals surface area contributed by atoms with Crippen LogP contribution in [-0.2, 0) is 6.42 Å². The standard InChI is InChI=1S/C17H15ClN2O4/c1-22-13-4-2-11(3-5-13)17-20-12(10-23-17)8-9-19-16(21)14-6-7-15(18)24-14/h2-7,10H,8-9H2,1H3,(H,19,21). The molecule has 0 aliphatic rings. The maximum atomic E-state index is 11.8. The smallest absolute Gasteiger partial charge is 0.287 e. The van der Waals surface area contributed by atoms with E-state index in [0.717, 1.165) is 17.0 Å². The van der Waals surface area contributed by atoms with Gasteiger partial charge in [-0.1, -0.05) is 0 Å². The lowest BCUT2D eigenvalue weighted by Gasteiger charge is -2.01. The lowest BCUT2D eigenvalue weighted by Crippen LogP contribution is -2.25. The van der Waals surface area contributed by atoms with Gasteiger partial charge in [0.2, 0.25) is 5.89 Å². The molecule has 3 aromatic rings. The highest BCUT2D eigenvalue weighted by atomic mass is 35.5. The summed E-state index contributed by atoms with van der Waals surface area (Å²) in [6.07, 6.45) is 2.12. The third-order valence-electron chi connectivity index (χ3n) is 3.35. The number of benzene rings is 1. The van der Waals surface area contributed by atoms with E-state index in [-0.39, 0.29) is 16.9 Å². The maximum Gasteiger partial charge on any atom is 0.287 e. The highest BCUT2D eigenvalue weighted by Gasteiger charge is 2.11. The second kappa shape index (κ2) is 7.23. The van der Waals surface area contributed by atoms with Gasteiger partial charge in [0, 0.05) is 18.5 Å². The largest absolute Gasteiger partial charge is 0.497 e. The molecule has 0 fully saturated rings. The number of hydrogen-bond acceptors (Lipinski definition) is 5. The van der Waals surface area contributed by atoms with E-state index in [0.29, 0.717) is 18.9 Å². The quantitative estimate of drug-likeness (QED) is 0.738. The molecule has 1 N–H and O–H groups in total. The van der Waals surface area contributed by atoms with E-state index in [4.69, 9.17) is 25.2 Å². The second-order valence-electron chi connectivity index (χ2n) is 4.98. The molecule has 7 heteroatoms. The van der Waals surface area contributed by atoms with E-state index in [9.17, 15) is 4.79 Å². The summed E-state index contributed by atoms with van der Waals surface area (Å²) in [7, 11) is 1.61. The Labute approximate surface area is 143 Å². The Morgan fingerprint density at radius 2 is 2.04 bits per heavy atom. The lowest BCUT2D eigenvalue weighted by atomic mass is 10.2. The van der Waals surface area contributed by atoms with E-state index in [1.54, 1.807) is 13.4 Å². The predicted octanol–water partition coefficient (Wildman–Crippen LogP) is 3.57. The van der Waals surface area contributed by atoms with Crippen molar-refractivity contribution in [2.45, 2.75) is 6.42 Å². The lowest BCUT2D eigenvalue weighted by molar-refractivity contribution is 0.0926. The molecular weight excluding hydrogens is 332 g/mol. The molecule has 0 radical (unpaired) electrons. The summed E-state index contributed by atoms with van der Waals surface area (Å²) >= 11 is 5.64. The molecule has 0 aliphatic carbocycles. The first-order valence-corrected chi connectivity index (χ1v) is 7.66. The molecule has 0 bridgehead atoms. The number of aromatic nitrogens is 1. The number of nitrogens with zero attached hydrogens (tertiary/aromatic N) is 1. The van der Waals surface area contributed by atoms with Gasteiger partial charge in [0.1, 0.15) is 12.0 Å².